The van der Waals surface area contributed by atoms with Crippen LogP contribution in [-0.4, -0.2) is 95.9 Å². The lowest BCUT2D eigenvalue weighted by molar-refractivity contribution is -0.161. The van der Waals surface area contributed by atoms with Gasteiger partial charge in [-0.25, -0.2) is 9.13 Å². The van der Waals surface area contributed by atoms with Crippen LogP contribution in [0, 0.1) is 0 Å². The van der Waals surface area contributed by atoms with Gasteiger partial charge in [0.25, 0.3) is 0 Å². The zero-order chi connectivity index (χ0) is 90.7. The Morgan fingerprint density at radius 3 is 0.672 bits per heavy atom. The number of carbonyl (C=O) groups is 3. The molecule has 5 atom stereocenters. The third kappa shape index (κ3) is 99.1. The minimum atomic E-state index is -4.95. The second-order valence-electron chi connectivity index (χ2n) is 33.2. The zero-order valence-corrected chi connectivity index (χ0v) is 81.0. The summed E-state index contributed by atoms with van der Waals surface area (Å²) >= 11 is 0. The molecule has 0 saturated heterocycles. The van der Waals surface area contributed by atoms with Crippen molar-refractivity contribution in [1.82, 2.24) is 0 Å². The van der Waals surface area contributed by atoms with Gasteiger partial charge < -0.3 is 34.2 Å². The van der Waals surface area contributed by atoms with Gasteiger partial charge in [-0.1, -0.05) is 421 Å². The first-order valence-corrected chi connectivity index (χ1v) is 53.1. The average Bonchev–Trinajstić information content (AvgIpc) is 0.900. The fourth-order valence-corrected chi connectivity index (χ4v) is 15.2. The Balaban J connectivity index is 4.61. The van der Waals surface area contributed by atoms with E-state index in [0.717, 1.165) is 173 Å². The van der Waals surface area contributed by atoms with E-state index in [1.165, 1.54) is 186 Å². The van der Waals surface area contributed by atoms with Gasteiger partial charge in [-0.2, -0.15) is 0 Å². The van der Waals surface area contributed by atoms with Crippen molar-refractivity contribution >= 4 is 33.6 Å². The Hall–Kier alpha value is -5.35. The molecular formula is C107H182O16P2. The molecule has 4 N–H and O–H groups in total. The molecule has 0 aromatic rings. The van der Waals surface area contributed by atoms with Crippen LogP contribution in [0.5, 0.6) is 0 Å². The van der Waals surface area contributed by atoms with E-state index in [2.05, 4.69) is 203 Å². The van der Waals surface area contributed by atoms with Crippen LogP contribution >= 0.6 is 15.6 Å². The van der Waals surface area contributed by atoms with Crippen molar-refractivity contribution in [2.45, 2.75) is 437 Å². The standard InChI is InChI=1S/C107H182O16P2/c1-4-7-10-13-16-19-22-25-28-31-34-37-40-43-45-47-49-50-52-54-55-58-60-63-66-69-72-75-78-81-84-87-90-93-105(110)117-96-102(108)97-119-124(113,114)120-98-103(109)99-121-125(115,116)122-101-104(123-107(112)95-92-89-86-83-80-77-74-71-68-65-62-57-42-39-36-33-30-27-24-21-18-15-12-9-6-3)100-118-106(111)94-91-88-85-82-79-76-73-70-67-64-61-59-56-53-51-48-46-44-41-38-35-32-29-26-23-20-17-14-11-8-5-2/h8-9,11-12,16-21,25-30,34-39,43-46,57,62,68,71,102-104,108-109H,4-7,10,13-15,22-24,31-33,40-42,47-56,58-61,63-67,69-70,72-101H2,1-3H3,(H,113,114)(H,115,116)/b11-8-,12-9-,19-16-,20-17-,21-18-,28-25-,29-26-,30-27-,37-34-,38-35-,39-36-,45-43-,46-44-,62-57-,71-68-. The first-order valence-electron chi connectivity index (χ1n) is 50.1. The molecule has 5 unspecified atom stereocenters. The maximum Gasteiger partial charge on any atom is 0.472 e. The summed E-state index contributed by atoms with van der Waals surface area (Å²) in [5.74, 6) is -1.58. The number of phosphoric ester groups is 2. The molecule has 716 valence electrons. The van der Waals surface area contributed by atoms with Crippen molar-refractivity contribution in [2.75, 3.05) is 39.6 Å². The Morgan fingerprint density at radius 1 is 0.232 bits per heavy atom. The molecule has 125 heavy (non-hydrogen) atoms. The predicted octanol–water partition coefficient (Wildman–Crippen LogP) is 31.6. The Morgan fingerprint density at radius 2 is 0.424 bits per heavy atom. The van der Waals surface area contributed by atoms with E-state index in [9.17, 15) is 43.5 Å². The van der Waals surface area contributed by atoms with Crippen LogP contribution in [0.4, 0.5) is 0 Å². The molecule has 0 aromatic carbocycles. The summed E-state index contributed by atoms with van der Waals surface area (Å²) in [6.07, 6.45) is 129. The molecule has 0 aliphatic rings. The average molecular weight is 1790 g/mol. The molecule has 0 saturated carbocycles. The first kappa shape index (κ1) is 120. The van der Waals surface area contributed by atoms with E-state index in [1.54, 1.807) is 0 Å². The lowest BCUT2D eigenvalue weighted by Crippen LogP contribution is -2.30. The summed E-state index contributed by atoms with van der Waals surface area (Å²) in [7, 11) is -9.82. The molecule has 0 heterocycles. The molecule has 0 radical (unpaired) electrons. The molecule has 0 aliphatic heterocycles. The number of rotatable bonds is 94. The molecule has 0 rings (SSSR count). The van der Waals surface area contributed by atoms with Crippen LogP contribution < -0.4 is 0 Å². The monoisotopic (exact) mass is 1790 g/mol. The second kappa shape index (κ2) is 97.7. The molecule has 0 fully saturated rings. The van der Waals surface area contributed by atoms with Gasteiger partial charge in [0.15, 0.2) is 6.10 Å². The fraction of sp³-hybridized carbons (Fsp3) is 0.692. The van der Waals surface area contributed by atoms with Crippen molar-refractivity contribution < 1.29 is 75.8 Å². The normalized spacial score (nSPS) is 14.5. The zero-order valence-electron chi connectivity index (χ0n) is 79.2. The Bertz CT molecular complexity index is 3000. The van der Waals surface area contributed by atoms with Gasteiger partial charge >= 0.3 is 33.6 Å². The summed E-state index contributed by atoms with van der Waals surface area (Å²) in [5, 5.41) is 20.8. The Labute approximate surface area is 764 Å². The molecule has 0 amide bonds. The number of ether oxygens (including phenoxy) is 3. The van der Waals surface area contributed by atoms with E-state index in [4.69, 9.17) is 32.3 Å². The van der Waals surface area contributed by atoms with E-state index < -0.39 is 91.5 Å². The SMILES string of the molecule is CC/C=C\C/C=C\C/C=C\C/C=C\C/C=C\C/C=C\CCCCCCCCC(=O)OC(COC(=O)CCCCCCCCCCCCCCCCC/C=C\C/C=C\C/C=C\C/C=C\C/C=C\CC)COP(=O)(O)OCC(O)COP(=O)(O)OCC(O)COC(=O)CCCCCCCCCCCCCCCCCCC/C=C\C/C=C\C/C=C\C/C=C\CCCCC. The highest BCUT2D eigenvalue weighted by molar-refractivity contribution is 7.47. The van der Waals surface area contributed by atoms with Crippen molar-refractivity contribution in [1.29, 1.82) is 0 Å². The summed E-state index contributed by atoms with van der Waals surface area (Å²) in [5.41, 5.74) is 0. The molecule has 0 aromatic heterocycles. The van der Waals surface area contributed by atoms with Crippen molar-refractivity contribution in [3.63, 3.8) is 0 Å². The molecular weight excluding hydrogens is 1600 g/mol. The highest BCUT2D eigenvalue weighted by Crippen LogP contribution is 2.45. The lowest BCUT2D eigenvalue weighted by Gasteiger charge is -2.21. The Kier molecular flexibility index (Phi) is 93.5. The van der Waals surface area contributed by atoms with Crippen LogP contribution in [0.15, 0.2) is 182 Å². The van der Waals surface area contributed by atoms with E-state index >= 15 is 0 Å². The first-order chi connectivity index (χ1) is 61.2. The number of unbranched alkanes of at least 4 members (excludes halogenated alkanes) is 41. The van der Waals surface area contributed by atoms with Crippen molar-refractivity contribution in [3.8, 4) is 0 Å². The molecule has 0 aliphatic carbocycles. The lowest BCUT2D eigenvalue weighted by atomic mass is 10.0. The minimum Gasteiger partial charge on any atom is -0.463 e. The minimum absolute atomic E-state index is 0.0827. The summed E-state index contributed by atoms with van der Waals surface area (Å²) < 4.78 is 61.6. The van der Waals surface area contributed by atoms with Gasteiger partial charge in [0.2, 0.25) is 0 Å². The van der Waals surface area contributed by atoms with Gasteiger partial charge in [-0.15, -0.1) is 0 Å². The van der Waals surface area contributed by atoms with Crippen molar-refractivity contribution in [2.24, 2.45) is 0 Å². The van der Waals surface area contributed by atoms with Crippen LogP contribution in [0.2, 0.25) is 0 Å². The largest absolute Gasteiger partial charge is 0.472 e. The van der Waals surface area contributed by atoms with E-state index in [0.29, 0.717) is 19.3 Å². The number of phosphoric acid groups is 2. The smallest absolute Gasteiger partial charge is 0.463 e. The van der Waals surface area contributed by atoms with E-state index in [-0.39, 0.29) is 19.3 Å². The van der Waals surface area contributed by atoms with Gasteiger partial charge in [0.05, 0.1) is 26.4 Å². The van der Waals surface area contributed by atoms with Crippen LogP contribution in [0.1, 0.15) is 419 Å². The summed E-state index contributed by atoms with van der Waals surface area (Å²) in [6, 6.07) is 0. The number of hydrogen-bond acceptors (Lipinski definition) is 14. The van der Waals surface area contributed by atoms with Crippen molar-refractivity contribution in [3.05, 3.63) is 182 Å². The van der Waals surface area contributed by atoms with Gasteiger partial charge in [0.1, 0.15) is 25.4 Å². The maximum absolute atomic E-state index is 13.1. The predicted molar refractivity (Wildman–Crippen MR) is 528 cm³/mol. The quantitative estimate of drug-likeness (QED) is 0.0146. The summed E-state index contributed by atoms with van der Waals surface area (Å²) in [6.45, 7) is 2.47. The fourth-order valence-electron chi connectivity index (χ4n) is 13.6. The highest BCUT2D eigenvalue weighted by Gasteiger charge is 2.30. The molecule has 18 heteroatoms. The van der Waals surface area contributed by atoms with Gasteiger partial charge in [0, 0.05) is 19.3 Å². The summed E-state index contributed by atoms with van der Waals surface area (Å²) in [4.78, 5) is 59.2. The molecule has 0 bridgehead atoms. The topological polar surface area (TPSA) is 231 Å². The third-order valence-corrected chi connectivity index (χ3v) is 23.0. The number of hydrogen-bond donors (Lipinski definition) is 4. The number of allylic oxidation sites excluding steroid dienone is 30. The third-order valence-electron chi connectivity index (χ3n) is 21.1. The van der Waals surface area contributed by atoms with Crippen LogP contribution in [0.25, 0.3) is 0 Å². The number of carbonyl (C=O) groups excluding carboxylic acids is 3. The number of esters is 3. The number of aliphatic hydroxyl groups is 2. The second-order valence-corrected chi connectivity index (χ2v) is 36.1. The van der Waals surface area contributed by atoms with Crippen LogP contribution in [0.3, 0.4) is 0 Å². The maximum atomic E-state index is 13.1. The number of aliphatic hydroxyl groups excluding tert-OH is 2. The molecule has 16 nitrogen and oxygen atoms in total. The molecule has 0 spiro atoms. The van der Waals surface area contributed by atoms with Crippen LogP contribution in [-0.2, 0) is 55.8 Å². The van der Waals surface area contributed by atoms with E-state index in [1.807, 2.05) is 0 Å². The highest BCUT2D eigenvalue weighted by atomic mass is 31.2. The van der Waals surface area contributed by atoms with Gasteiger partial charge in [-0.05, 0) is 161 Å². The van der Waals surface area contributed by atoms with Gasteiger partial charge in [-0.3, -0.25) is 32.5 Å².